The summed E-state index contributed by atoms with van der Waals surface area (Å²) in [5.74, 6) is 1.69. The smallest absolute Gasteiger partial charge is 0.172 e. The van der Waals surface area contributed by atoms with E-state index in [1.807, 2.05) is 66.5 Å². The van der Waals surface area contributed by atoms with Crippen LogP contribution in [0.1, 0.15) is 0 Å². The van der Waals surface area contributed by atoms with Gasteiger partial charge in [-0.25, -0.2) is 4.57 Å². The van der Waals surface area contributed by atoms with Crippen molar-refractivity contribution < 1.29 is 9.30 Å². The highest BCUT2D eigenvalue weighted by molar-refractivity contribution is 5.65. The van der Waals surface area contributed by atoms with Crippen LogP contribution in [0.4, 0.5) is 0 Å². The fourth-order valence-corrected chi connectivity index (χ4v) is 2.06. The Kier molecular flexibility index (Phi) is 3.46. The highest BCUT2D eigenvalue weighted by atomic mass is 16.5. The fourth-order valence-electron chi connectivity index (χ4n) is 2.06. The molecule has 2 nitrogen and oxygen atoms in total. The Morgan fingerprint density at radius 1 is 0.700 bits per heavy atom. The summed E-state index contributed by atoms with van der Waals surface area (Å²) in [7, 11) is 1.99. The molecule has 1 aromatic heterocycles. The largest absolute Gasteiger partial charge is 0.457 e. The first-order chi connectivity index (χ1) is 9.81. The van der Waals surface area contributed by atoms with Gasteiger partial charge in [-0.15, -0.1) is 0 Å². The molecule has 0 amide bonds. The van der Waals surface area contributed by atoms with Crippen LogP contribution in [0.5, 0.6) is 11.5 Å². The van der Waals surface area contributed by atoms with Gasteiger partial charge in [0.25, 0.3) is 0 Å². The Morgan fingerprint density at radius 3 is 2.15 bits per heavy atom. The molecule has 0 spiro atoms. The van der Waals surface area contributed by atoms with E-state index < -0.39 is 0 Å². The van der Waals surface area contributed by atoms with E-state index in [0.29, 0.717) is 0 Å². The Labute approximate surface area is 118 Å². The lowest BCUT2D eigenvalue weighted by Crippen LogP contribution is -2.25. The molecule has 3 rings (SSSR count). The Bertz CT molecular complexity index is 690. The quantitative estimate of drug-likeness (QED) is 0.651. The van der Waals surface area contributed by atoms with Crippen LogP contribution in [0, 0.1) is 0 Å². The number of aryl methyl sites for hydroxylation is 1. The van der Waals surface area contributed by atoms with Crippen molar-refractivity contribution in [3.63, 3.8) is 0 Å². The van der Waals surface area contributed by atoms with Crippen LogP contribution in [0.3, 0.4) is 0 Å². The molecule has 0 bridgehead atoms. The maximum absolute atomic E-state index is 5.88. The third-order valence-corrected chi connectivity index (χ3v) is 3.12. The van der Waals surface area contributed by atoms with Crippen molar-refractivity contribution >= 4 is 0 Å². The van der Waals surface area contributed by atoms with E-state index in [-0.39, 0.29) is 0 Å². The second kappa shape index (κ2) is 5.57. The van der Waals surface area contributed by atoms with Gasteiger partial charge < -0.3 is 4.74 Å². The summed E-state index contributed by atoms with van der Waals surface area (Å²) < 4.78 is 7.86. The third-order valence-electron chi connectivity index (χ3n) is 3.12. The molecule has 2 heteroatoms. The summed E-state index contributed by atoms with van der Waals surface area (Å²) in [4.78, 5) is 0. The summed E-state index contributed by atoms with van der Waals surface area (Å²) in [6.45, 7) is 0. The molecule has 0 atom stereocenters. The average Bonchev–Trinajstić information content (AvgIpc) is 2.51. The van der Waals surface area contributed by atoms with Crippen molar-refractivity contribution in [2.45, 2.75) is 0 Å². The molecule has 0 aliphatic carbocycles. The molecule has 1 heterocycles. The van der Waals surface area contributed by atoms with Crippen molar-refractivity contribution in [2.24, 2.45) is 7.05 Å². The number of hydrogen-bond acceptors (Lipinski definition) is 1. The molecule has 0 saturated heterocycles. The number of nitrogens with zero attached hydrogens (tertiary/aromatic N) is 1. The third kappa shape index (κ3) is 2.86. The van der Waals surface area contributed by atoms with Gasteiger partial charge in [0.2, 0.25) is 0 Å². The lowest BCUT2D eigenvalue weighted by molar-refractivity contribution is -0.671. The minimum atomic E-state index is 0.841. The van der Waals surface area contributed by atoms with Gasteiger partial charge in [-0.05, 0) is 23.3 Å². The zero-order valence-electron chi connectivity index (χ0n) is 11.4. The maximum atomic E-state index is 5.88. The summed E-state index contributed by atoms with van der Waals surface area (Å²) in [5.41, 5.74) is 2.35. The van der Waals surface area contributed by atoms with Crippen molar-refractivity contribution in [3.05, 3.63) is 79.1 Å². The molecule has 3 aromatic rings. The molecule has 0 radical (unpaired) electrons. The zero-order valence-corrected chi connectivity index (χ0v) is 11.4. The number of hydrogen-bond donors (Lipinski definition) is 0. The Morgan fingerprint density at radius 2 is 1.40 bits per heavy atom. The van der Waals surface area contributed by atoms with E-state index in [4.69, 9.17) is 4.74 Å². The van der Waals surface area contributed by atoms with E-state index in [0.717, 1.165) is 17.1 Å². The molecule has 98 valence electrons. The molecular weight excluding hydrogens is 246 g/mol. The van der Waals surface area contributed by atoms with Crippen molar-refractivity contribution in [3.8, 4) is 22.6 Å². The number of rotatable bonds is 3. The van der Waals surface area contributed by atoms with Crippen molar-refractivity contribution in [1.29, 1.82) is 0 Å². The van der Waals surface area contributed by atoms with Gasteiger partial charge in [0, 0.05) is 12.1 Å². The Hall–Kier alpha value is -2.61. The van der Waals surface area contributed by atoms with E-state index in [9.17, 15) is 0 Å². The first-order valence-electron chi connectivity index (χ1n) is 6.60. The summed E-state index contributed by atoms with van der Waals surface area (Å²) in [6, 6.07) is 22.3. The van der Waals surface area contributed by atoms with Gasteiger partial charge in [0.1, 0.15) is 18.5 Å². The van der Waals surface area contributed by atoms with E-state index in [1.165, 1.54) is 5.56 Å². The first kappa shape index (κ1) is 12.4. The molecule has 20 heavy (non-hydrogen) atoms. The zero-order chi connectivity index (χ0) is 13.8. The van der Waals surface area contributed by atoms with Gasteiger partial charge in [-0.3, -0.25) is 0 Å². The normalized spacial score (nSPS) is 10.2. The van der Waals surface area contributed by atoms with Gasteiger partial charge in [0.15, 0.2) is 12.4 Å². The SMILES string of the molecule is C[n+]1ccc(Oc2cccc(-c3ccccc3)c2)cc1. The van der Waals surface area contributed by atoms with Crippen LogP contribution >= 0.6 is 0 Å². The Balaban J connectivity index is 1.86. The standard InChI is InChI=1S/C18H16NO/c1-19-12-10-17(11-13-19)20-18-9-5-8-16(14-18)15-6-3-2-4-7-15/h2-14H,1H3/q+1. The fraction of sp³-hybridized carbons (Fsp3) is 0.0556. The van der Waals surface area contributed by atoms with Crippen LogP contribution in [-0.2, 0) is 7.05 Å². The predicted molar refractivity (Wildman–Crippen MR) is 79.6 cm³/mol. The highest BCUT2D eigenvalue weighted by Gasteiger charge is 2.02. The second-order valence-corrected chi connectivity index (χ2v) is 4.70. The van der Waals surface area contributed by atoms with Gasteiger partial charge in [-0.2, -0.15) is 0 Å². The summed E-state index contributed by atoms with van der Waals surface area (Å²) in [6.07, 6.45) is 3.94. The van der Waals surface area contributed by atoms with Crippen LogP contribution in [0.2, 0.25) is 0 Å². The topological polar surface area (TPSA) is 13.1 Å². The first-order valence-corrected chi connectivity index (χ1v) is 6.60. The molecule has 2 aromatic carbocycles. The average molecular weight is 262 g/mol. The second-order valence-electron chi connectivity index (χ2n) is 4.70. The minimum Gasteiger partial charge on any atom is -0.457 e. The molecular formula is C18H16NO+. The summed E-state index contributed by atoms with van der Waals surface area (Å²) >= 11 is 0. The molecule has 0 aliphatic rings. The number of ether oxygens (including phenoxy) is 1. The van der Waals surface area contributed by atoms with Crippen LogP contribution in [-0.4, -0.2) is 0 Å². The lowest BCUT2D eigenvalue weighted by Gasteiger charge is -2.07. The van der Waals surface area contributed by atoms with Crippen LogP contribution in [0.15, 0.2) is 79.1 Å². The van der Waals surface area contributed by atoms with Crippen molar-refractivity contribution in [1.82, 2.24) is 0 Å². The van der Waals surface area contributed by atoms with E-state index >= 15 is 0 Å². The van der Waals surface area contributed by atoms with Gasteiger partial charge in [-0.1, -0.05) is 42.5 Å². The molecule has 0 N–H and O–H groups in total. The summed E-state index contributed by atoms with van der Waals surface area (Å²) in [5, 5.41) is 0. The monoisotopic (exact) mass is 262 g/mol. The predicted octanol–water partition coefficient (Wildman–Crippen LogP) is 3.97. The van der Waals surface area contributed by atoms with E-state index in [1.54, 1.807) is 0 Å². The number of benzene rings is 2. The van der Waals surface area contributed by atoms with Crippen LogP contribution in [0.25, 0.3) is 11.1 Å². The molecule has 0 unspecified atom stereocenters. The molecule has 0 saturated carbocycles. The molecule has 0 fully saturated rings. The van der Waals surface area contributed by atoms with E-state index in [2.05, 4.69) is 24.3 Å². The maximum Gasteiger partial charge on any atom is 0.172 e. The van der Waals surface area contributed by atoms with Gasteiger partial charge in [0.05, 0.1) is 0 Å². The minimum absolute atomic E-state index is 0.841. The van der Waals surface area contributed by atoms with Crippen molar-refractivity contribution in [2.75, 3.05) is 0 Å². The lowest BCUT2D eigenvalue weighted by atomic mass is 10.1. The highest BCUT2D eigenvalue weighted by Crippen LogP contribution is 2.26. The number of pyridine rings is 1. The number of aromatic nitrogens is 1. The van der Waals surface area contributed by atoms with Crippen LogP contribution < -0.4 is 9.30 Å². The van der Waals surface area contributed by atoms with Gasteiger partial charge >= 0.3 is 0 Å². The molecule has 0 aliphatic heterocycles.